The van der Waals surface area contributed by atoms with Crippen LogP contribution in [0.15, 0.2) is 18.3 Å². The van der Waals surface area contributed by atoms with Crippen LogP contribution < -0.4 is 4.74 Å². The molecule has 1 aromatic rings. The molecule has 4 nitrogen and oxygen atoms in total. The van der Waals surface area contributed by atoms with E-state index in [2.05, 4.69) is 4.98 Å². The van der Waals surface area contributed by atoms with Gasteiger partial charge in [0.2, 0.25) is 0 Å². The molecule has 0 amide bonds. The van der Waals surface area contributed by atoms with Crippen LogP contribution >= 0.6 is 11.6 Å². The minimum absolute atomic E-state index is 0.104. The molecule has 0 fully saturated rings. The molecule has 5 heteroatoms. The Kier molecular flexibility index (Phi) is 5.52. The molecule has 0 bridgehead atoms. The molecule has 1 aromatic heterocycles. The maximum absolute atomic E-state index is 9.52. The first-order valence-electron chi connectivity index (χ1n) is 5.12. The quantitative estimate of drug-likeness (QED) is 0.778. The van der Waals surface area contributed by atoms with Gasteiger partial charge in [-0.05, 0) is 26.0 Å². The summed E-state index contributed by atoms with van der Waals surface area (Å²) in [5.74, 6) is 0.577. The topological polar surface area (TPSA) is 51.6 Å². The summed E-state index contributed by atoms with van der Waals surface area (Å²) in [6.07, 6.45) is 0.975. The lowest BCUT2D eigenvalue weighted by atomic mass is 10.4. The second-order valence-corrected chi connectivity index (χ2v) is 4.05. The molecular weight excluding hydrogens is 230 g/mol. The van der Waals surface area contributed by atoms with E-state index in [-0.39, 0.29) is 19.3 Å². The SMILES string of the molecule is CC(C)OCC(O)COc1ccc(Cl)nc1. The zero-order valence-corrected chi connectivity index (χ0v) is 10.1. The zero-order chi connectivity index (χ0) is 12.0. The Labute approximate surface area is 100 Å². The highest BCUT2D eigenvalue weighted by atomic mass is 35.5. The minimum Gasteiger partial charge on any atom is -0.489 e. The second kappa shape index (κ2) is 6.68. The van der Waals surface area contributed by atoms with Crippen LogP contribution in [0.25, 0.3) is 0 Å². The standard InChI is InChI=1S/C11H16ClNO3/c1-8(2)15-6-9(14)7-16-10-3-4-11(12)13-5-10/h3-5,8-9,14H,6-7H2,1-2H3. The highest BCUT2D eigenvalue weighted by Gasteiger charge is 2.06. The monoisotopic (exact) mass is 245 g/mol. The number of aliphatic hydroxyl groups excluding tert-OH is 1. The third kappa shape index (κ3) is 5.30. The summed E-state index contributed by atoms with van der Waals surface area (Å²) >= 11 is 5.62. The fraction of sp³-hybridized carbons (Fsp3) is 0.545. The van der Waals surface area contributed by atoms with Crippen LogP contribution in [0.1, 0.15) is 13.8 Å². The van der Waals surface area contributed by atoms with Crippen LogP contribution in [-0.4, -0.2) is 35.5 Å². The van der Waals surface area contributed by atoms with Gasteiger partial charge in [-0.1, -0.05) is 11.6 Å². The summed E-state index contributed by atoms with van der Waals surface area (Å²) in [6.45, 7) is 4.27. The first-order valence-corrected chi connectivity index (χ1v) is 5.49. The van der Waals surface area contributed by atoms with Crippen molar-refractivity contribution >= 4 is 11.6 Å². The molecule has 90 valence electrons. The number of ether oxygens (including phenoxy) is 2. The predicted molar refractivity (Wildman–Crippen MR) is 61.8 cm³/mol. The van der Waals surface area contributed by atoms with E-state index in [1.165, 1.54) is 6.20 Å². The van der Waals surface area contributed by atoms with Gasteiger partial charge in [0.25, 0.3) is 0 Å². The number of aromatic nitrogens is 1. The van der Waals surface area contributed by atoms with E-state index in [0.717, 1.165) is 0 Å². The van der Waals surface area contributed by atoms with Gasteiger partial charge in [-0.25, -0.2) is 4.98 Å². The van der Waals surface area contributed by atoms with Gasteiger partial charge in [-0.2, -0.15) is 0 Å². The van der Waals surface area contributed by atoms with Crippen LogP contribution in [0.5, 0.6) is 5.75 Å². The molecule has 0 radical (unpaired) electrons. The summed E-state index contributed by atoms with van der Waals surface area (Å²) in [6, 6.07) is 3.33. The van der Waals surface area contributed by atoms with Gasteiger partial charge in [-0.15, -0.1) is 0 Å². The van der Waals surface area contributed by atoms with E-state index in [0.29, 0.717) is 10.9 Å². The molecule has 0 spiro atoms. The normalized spacial score (nSPS) is 12.8. The summed E-state index contributed by atoms with van der Waals surface area (Å²) < 4.78 is 10.5. The van der Waals surface area contributed by atoms with Gasteiger partial charge in [0, 0.05) is 0 Å². The maximum Gasteiger partial charge on any atom is 0.137 e. The Morgan fingerprint density at radius 3 is 2.69 bits per heavy atom. The molecule has 0 aliphatic heterocycles. The number of pyridine rings is 1. The van der Waals surface area contributed by atoms with Crippen molar-refractivity contribution in [1.29, 1.82) is 0 Å². The summed E-state index contributed by atoms with van der Waals surface area (Å²) in [5.41, 5.74) is 0. The summed E-state index contributed by atoms with van der Waals surface area (Å²) in [5, 5.41) is 9.93. The van der Waals surface area contributed by atoms with E-state index in [1.807, 2.05) is 13.8 Å². The lowest BCUT2D eigenvalue weighted by Crippen LogP contribution is -2.25. The molecule has 1 atom stereocenters. The summed E-state index contributed by atoms with van der Waals surface area (Å²) in [7, 11) is 0. The molecule has 1 heterocycles. The van der Waals surface area contributed by atoms with Crippen molar-refractivity contribution in [2.75, 3.05) is 13.2 Å². The molecule has 0 aliphatic rings. The van der Waals surface area contributed by atoms with Crippen molar-refractivity contribution in [2.45, 2.75) is 26.1 Å². The van der Waals surface area contributed by atoms with Gasteiger partial charge in [0.1, 0.15) is 23.6 Å². The average molecular weight is 246 g/mol. The first kappa shape index (κ1) is 13.2. The van der Waals surface area contributed by atoms with Gasteiger partial charge >= 0.3 is 0 Å². The molecule has 0 aromatic carbocycles. The number of hydrogen-bond acceptors (Lipinski definition) is 4. The molecule has 0 aliphatic carbocycles. The van der Waals surface area contributed by atoms with E-state index in [9.17, 15) is 5.11 Å². The van der Waals surface area contributed by atoms with Gasteiger partial charge in [0.15, 0.2) is 0 Å². The molecule has 1 unspecified atom stereocenters. The number of nitrogens with zero attached hydrogens (tertiary/aromatic N) is 1. The highest BCUT2D eigenvalue weighted by Crippen LogP contribution is 2.12. The van der Waals surface area contributed by atoms with Crippen LogP contribution in [0.2, 0.25) is 5.15 Å². The molecule has 1 N–H and O–H groups in total. The van der Waals surface area contributed by atoms with Gasteiger partial charge in [0.05, 0.1) is 18.9 Å². The second-order valence-electron chi connectivity index (χ2n) is 3.66. The smallest absolute Gasteiger partial charge is 0.137 e. The van der Waals surface area contributed by atoms with Crippen molar-refractivity contribution in [1.82, 2.24) is 4.98 Å². The largest absolute Gasteiger partial charge is 0.489 e. The Hall–Kier alpha value is -0.840. The van der Waals surface area contributed by atoms with E-state index in [1.54, 1.807) is 12.1 Å². The Bertz CT molecular complexity index is 303. The van der Waals surface area contributed by atoms with Gasteiger partial charge < -0.3 is 14.6 Å². The lowest BCUT2D eigenvalue weighted by Gasteiger charge is -2.14. The van der Waals surface area contributed by atoms with E-state index < -0.39 is 6.10 Å². The Morgan fingerprint density at radius 2 is 2.12 bits per heavy atom. The predicted octanol–water partition coefficient (Wildman–Crippen LogP) is 1.90. The van der Waals surface area contributed by atoms with E-state index >= 15 is 0 Å². The van der Waals surface area contributed by atoms with Crippen molar-refractivity contribution in [3.8, 4) is 5.75 Å². The molecule has 0 saturated heterocycles. The number of aliphatic hydroxyl groups is 1. The number of halogens is 1. The van der Waals surface area contributed by atoms with Crippen LogP contribution in [0.3, 0.4) is 0 Å². The zero-order valence-electron chi connectivity index (χ0n) is 9.39. The van der Waals surface area contributed by atoms with Crippen LogP contribution in [-0.2, 0) is 4.74 Å². The number of rotatable bonds is 6. The van der Waals surface area contributed by atoms with Crippen molar-refractivity contribution in [3.05, 3.63) is 23.5 Å². The van der Waals surface area contributed by atoms with Crippen molar-refractivity contribution < 1.29 is 14.6 Å². The fourth-order valence-electron chi connectivity index (χ4n) is 0.992. The molecule has 0 saturated carbocycles. The molecule has 16 heavy (non-hydrogen) atoms. The fourth-order valence-corrected chi connectivity index (χ4v) is 1.10. The third-order valence-electron chi connectivity index (χ3n) is 1.76. The third-order valence-corrected chi connectivity index (χ3v) is 1.99. The minimum atomic E-state index is -0.641. The maximum atomic E-state index is 9.52. The van der Waals surface area contributed by atoms with Crippen molar-refractivity contribution in [3.63, 3.8) is 0 Å². The Morgan fingerprint density at radius 1 is 1.38 bits per heavy atom. The lowest BCUT2D eigenvalue weighted by molar-refractivity contribution is -0.0123. The van der Waals surface area contributed by atoms with Crippen molar-refractivity contribution in [2.24, 2.45) is 0 Å². The van der Waals surface area contributed by atoms with Gasteiger partial charge in [-0.3, -0.25) is 0 Å². The summed E-state index contributed by atoms with van der Waals surface area (Å²) in [4.78, 5) is 3.86. The van der Waals surface area contributed by atoms with E-state index in [4.69, 9.17) is 21.1 Å². The highest BCUT2D eigenvalue weighted by molar-refractivity contribution is 6.29. The molecular formula is C11H16ClNO3. The van der Waals surface area contributed by atoms with Crippen LogP contribution in [0.4, 0.5) is 0 Å². The Balaban J connectivity index is 2.26. The first-order chi connectivity index (χ1) is 7.58. The average Bonchev–Trinajstić information content (AvgIpc) is 2.25. The molecule has 1 rings (SSSR count). The van der Waals surface area contributed by atoms with Crippen LogP contribution in [0, 0.1) is 0 Å². The number of hydrogen-bond donors (Lipinski definition) is 1.